The standard InChI is InChI=1S/C34H60N2O6/c1-2-3-4-5-6-7-8-9-10-11-12-13-14-15-16-17-21-24-28(35)33-30(32(39)31(38)29(25-37)42-33)36-34(40)41-26-27-22-19-18-20-23-27/h18-20,22-23,28-33,37-39H,2-17,21,24-26,35H2,1H3,(H,36,40)/t28?,29-,30-,31-,32-,33+/m1/s1. The lowest BCUT2D eigenvalue weighted by molar-refractivity contribution is -0.198. The van der Waals surface area contributed by atoms with Crippen LogP contribution in [0.3, 0.4) is 0 Å². The van der Waals surface area contributed by atoms with Gasteiger partial charge >= 0.3 is 6.09 Å². The minimum Gasteiger partial charge on any atom is -0.445 e. The zero-order valence-corrected chi connectivity index (χ0v) is 26.1. The quantitative estimate of drug-likeness (QED) is 0.0965. The van der Waals surface area contributed by atoms with Crippen molar-refractivity contribution in [3.8, 4) is 0 Å². The van der Waals surface area contributed by atoms with Gasteiger partial charge in [-0.15, -0.1) is 0 Å². The van der Waals surface area contributed by atoms with E-state index in [1.807, 2.05) is 30.3 Å². The Bertz CT molecular complexity index is 797. The molecule has 42 heavy (non-hydrogen) atoms. The van der Waals surface area contributed by atoms with E-state index in [0.717, 1.165) is 24.8 Å². The number of hydrogen-bond acceptors (Lipinski definition) is 7. The van der Waals surface area contributed by atoms with E-state index in [2.05, 4.69) is 12.2 Å². The Balaban J connectivity index is 1.59. The molecular formula is C34H60N2O6. The molecule has 0 aliphatic carbocycles. The van der Waals surface area contributed by atoms with Gasteiger partial charge in [0.25, 0.3) is 0 Å². The summed E-state index contributed by atoms with van der Waals surface area (Å²) in [6.45, 7) is 1.89. The van der Waals surface area contributed by atoms with Gasteiger partial charge in [-0.05, 0) is 12.0 Å². The molecule has 0 saturated carbocycles. The second-order valence-electron chi connectivity index (χ2n) is 12.1. The zero-order chi connectivity index (χ0) is 30.4. The molecule has 1 unspecified atom stereocenters. The lowest BCUT2D eigenvalue weighted by Crippen LogP contribution is -2.67. The smallest absolute Gasteiger partial charge is 0.407 e. The van der Waals surface area contributed by atoms with Crippen LogP contribution < -0.4 is 11.1 Å². The normalized spacial score (nSPS) is 23.0. The van der Waals surface area contributed by atoms with Crippen molar-refractivity contribution in [3.05, 3.63) is 35.9 Å². The Morgan fingerprint density at radius 1 is 0.833 bits per heavy atom. The molecule has 0 bridgehead atoms. The van der Waals surface area contributed by atoms with Gasteiger partial charge in [-0.2, -0.15) is 0 Å². The number of carbonyl (C=O) groups is 1. The molecule has 1 amide bonds. The minimum absolute atomic E-state index is 0.0775. The molecule has 0 radical (unpaired) electrons. The number of aliphatic hydroxyl groups excluding tert-OH is 3. The second-order valence-corrected chi connectivity index (χ2v) is 12.1. The third kappa shape index (κ3) is 14.6. The van der Waals surface area contributed by atoms with E-state index in [1.165, 1.54) is 89.9 Å². The Morgan fingerprint density at radius 2 is 1.33 bits per heavy atom. The molecule has 8 nitrogen and oxygen atoms in total. The van der Waals surface area contributed by atoms with Crippen LogP contribution in [0.25, 0.3) is 0 Å². The van der Waals surface area contributed by atoms with Gasteiger partial charge in [0.05, 0.1) is 18.8 Å². The fourth-order valence-corrected chi connectivity index (χ4v) is 5.85. The molecule has 6 atom stereocenters. The third-order valence-corrected chi connectivity index (χ3v) is 8.52. The van der Waals surface area contributed by atoms with E-state index >= 15 is 0 Å². The molecule has 2 rings (SSSR count). The van der Waals surface area contributed by atoms with Crippen molar-refractivity contribution in [2.75, 3.05) is 6.61 Å². The van der Waals surface area contributed by atoms with Crippen molar-refractivity contribution in [1.82, 2.24) is 5.32 Å². The first-order chi connectivity index (χ1) is 20.5. The summed E-state index contributed by atoms with van der Waals surface area (Å²) in [5.74, 6) is 0. The fraction of sp³-hybridized carbons (Fsp3) is 0.794. The number of nitrogens with one attached hydrogen (secondary N) is 1. The maximum Gasteiger partial charge on any atom is 0.407 e. The maximum atomic E-state index is 12.5. The predicted octanol–water partition coefficient (Wildman–Crippen LogP) is 6.13. The van der Waals surface area contributed by atoms with Crippen LogP contribution in [0.15, 0.2) is 30.3 Å². The second kappa shape index (κ2) is 22.8. The molecule has 1 saturated heterocycles. The van der Waals surface area contributed by atoms with Crippen molar-refractivity contribution in [2.45, 2.75) is 166 Å². The molecular weight excluding hydrogens is 532 g/mol. The van der Waals surface area contributed by atoms with Gasteiger partial charge in [0.1, 0.15) is 24.9 Å². The van der Waals surface area contributed by atoms with Gasteiger partial charge < -0.3 is 35.8 Å². The first-order valence-corrected chi connectivity index (χ1v) is 16.8. The SMILES string of the molecule is CCCCCCCCCCCCCCCCCCCC(N)[C@@H]1O[C@H](CO)[C@@H](O)[C@H](O)[C@H]1NC(=O)OCc1ccccc1. The summed E-state index contributed by atoms with van der Waals surface area (Å²) >= 11 is 0. The van der Waals surface area contributed by atoms with Crippen LogP contribution >= 0.6 is 0 Å². The molecule has 242 valence electrons. The molecule has 1 aliphatic heterocycles. The lowest BCUT2D eigenvalue weighted by atomic mass is 9.87. The van der Waals surface area contributed by atoms with Crippen LogP contribution in [0.1, 0.15) is 128 Å². The molecule has 1 heterocycles. The predicted molar refractivity (Wildman–Crippen MR) is 168 cm³/mol. The first kappa shape index (κ1) is 36.5. The van der Waals surface area contributed by atoms with Gasteiger partial charge in [0, 0.05) is 6.04 Å². The Hall–Kier alpha value is -1.71. The van der Waals surface area contributed by atoms with Gasteiger partial charge in [0.15, 0.2) is 0 Å². The van der Waals surface area contributed by atoms with Crippen molar-refractivity contribution in [2.24, 2.45) is 5.73 Å². The maximum absolute atomic E-state index is 12.5. The number of unbranched alkanes of at least 4 members (excludes halogenated alkanes) is 16. The molecule has 0 aromatic heterocycles. The minimum atomic E-state index is -1.35. The van der Waals surface area contributed by atoms with Gasteiger partial charge in [-0.3, -0.25) is 0 Å². The van der Waals surface area contributed by atoms with Crippen molar-refractivity contribution < 1.29 is 29.6 Å². The summed E-state index contributed by atoms with van der Waals surface area (Å²) in [6.07, 6.45) is 17.6. The van der Waals surface area contributed by atoms with Crippen LogP contribution in [-0.4, -0.2) is 64.5 Å². The topological polar surface area (TPSA) is 134 Å². The van der Waals surface area contributed by atoms with Crippen LogP contribution in [0.5, 0.6) is 0 Å². The van der Waals surface area contributed by atoms with Gasteiger partial charge in [0.2, 0.25) is 0 Å². The Labute approximate surface area is 254 Å². The van der Waals surface area contributed by atoms with E-state index < -0.39 is 49.2 Å². The van der Waals surface area contributed by atoms with Gasteiger partial charge in [-0.25, -0.2) is 4.79 Å². The number of hydrogen-bond donors (Lipinski definition) is 5. The number of carbonyl (C=O) groups excluding carboxylic acids is 1. The number of benzene rings is 1. The highest BCUT2D eigenvalue weighted by atomic mass is 16.6. The average molecular weight is 593 g/mol. The highest BCUT2D eigenvalue weighted by Crippen LogP contribution is 2.25. The number of nitrogens with two attached hydrogens (primary N) is 1. The van der Waals surface area contributed by atoms with Crippen LogP contribution in [0, 0.1) is 0 Å². The summed E-state index contributed by atoms with van der Waals surface area (Å²) in [7, 11) is 0. The molecule has 1 aromatic rings. The number of rotatable bonds is 23. The van der Waals surface area contributed by atoms with Crippen molar-refractivity contribution in [3.63, 3.8) is 0 Å². The van der Waals surface area contributed by atoms with Crippen molar-refractivity contribution in [1.29, 1.82) is 0 Å². The largest absolute Gasteiger partial charge is 0.445 e. The van der Waals surface area contributed by atoms with Gasteiger partial charge in [-0.1, -0.05) is 146 Å². The summed E-state index contributed by atoms with van der Waals surface area (Å²) in [5, 5.41) is 33.4. The highest BCUT2D eigenvalue weighted by Gasteiger charge is 2.47. The van der Waals surface area contributed by atoms with Crippen LogP contribution in [0.2, 0.25) is 0 Å². The molecule has 1 aromatic carbocycles. The average Bonchev–Trinajstić information content (AvgIpc) is 3.00. The molecule has 8 heteroatoms. The summed E-state index contributed by atoms with van der Waals surface area (Å²) in [5.41, 5.74) is 7.31. The highest BCUT2D eigenvalue weighted by molar-refractivity contribution is 5.68. The zero-order valence-electron chi connectivity index (χ0n) is 26.1. The number of amides is 1. The fourth-order valence-electron chi connectivity index (χ4n) is 5.85. The monoisotopic (exact) mass is 592 g/mol. The third-order valence-electron chi connectivity index (χ3n) is 8.52. The molecule has 0 spiro atoms. The Kier molecular flexibility index (Phi) is 19.8. The molecule has 1 aliphatic rings. The first-order valence-electron chi connectivity index (χ1n) is 16.8. The van der Waals surface area contributed by atoms with E-state index in [0.29, 0.717) is 6.42 Å². The summed E-state index contributed by atoms with van der Waals surface area (Å²) in [6, 6.07) is 7.86. The number of ether oxygens (including phenoxy) is 2. The van der Waals surface area contributed by atoms with E-state index in [1.54, 1.807) is 0 Å². The lowest BCUT2D eigenvalue weighted by Gasteiger charge is -2.44. The van der Waals surface area contributed by atoms with E-state index in [-0.39, 0.29) is 6.61 Å². The number of aliphatic hydroxyl groups is 3. The molecule has 1 fully saturated rings. The van der Waals surface area contributed by atoms with Crippen LogP contribution in [-0.2, 0) is 16.1 Å². The van der Waals surface area contributed by atoms with E-state index in [4.69, 9.17) is 15.2 Å². The molecule has 6 N–H and O–H groups in total. The number of alkyl carbamates (subject to hydrolysis) is 1. The van der Waals surface area contributed by atoms with E-state index in [9.17, 15) is 20.1 Å². The van der Waals surface area contributed by atoms with Crippen LogP contribution in [0.4, 0.5) is 4.79 Å². The summed E-state index contributed by atoms with van der Waals surface area (Å²) in [4.78, 5) is 12.5. The Morgan fingerprint density at radius 3 is 1.83 bits per heavy atom. The summed E-state index contributed by atoms with van der Waals surface area (Å²) < 4.78 is 11.2. The van der Waals surface area contributed by atoms with Crippen molar-refractivity contribution >= 4 is 6.09 Å².